The fourth-order valence-corrected chi connectivity index (χ4v) is 3.62. The van der Waals surface area contributed by atoms with Gasteiger partial charge in [0.1, 0.15) is 22.8 Å². The number of ether oxygens (including phenoxy) is 1. The highest BCUT2D eigenvalue weighted by Gasteiger charge is 2.30. The Morgan fingerprint density at radius 2 is 1.87 bits per heavy atom. The number of aromatic nitrogens is 1. The minimum atomic E-state index is -0.409. The third-order valence-corrected chi connectivity index (χ3v) is 5.38. The molecule has 2 heterocycles. The van der Waals surface area contributed by atoms with Gasteiger partial charge < -0.3 is 19.1 Å². The molecule has 0 bridgehead atoms. The van der Waals surface area contributed by atoms with Crippen molar-refractivity contribution < 1.29 is 28.0 Å². The highest BCUT2D eigenvalue weighted by Crippen LogP contribution is 2.26. The number of aryl methyl sites for hydroxylation is 1. The molecule has 1 saturated heterocycles. The Morgan fingerprint density at radius 1 is 1.23 bits per heavy atom. The standard InChI is InChI=1S/C22H26FN3O5/c1-4-30-22(29)16-9-11-26(12-10-16)18(27)13-25(3)21(28)19-14(2)31-24-20(19)15-5-7-17(23)8-6-15/h5-8,16H,4,9-13H2,1-3H3. The molecule has 0 saturated carbocycles. The number of esters is 1. The molecule has 8 nitrogen and oxygen atoms in total. The van der Waals surface area contributed by atoms with Crippen LogP contribution in [0.15, 0.2) is 28.8 Å². The van der Waals surface area contributed by atoms with Crippen LogP contribution in [-0.4, -0.2) is 66.0 Å². The molecule has 0 N–H and O–H groups in total. The van der Waals surface area contributed by atoms with Gasteiger partial charge in [-0.05, 0) is 51.0 Å². The first-order valence-electron chi connectivity index (χ1n) is 10.2. The number of benzene rings is 1. The molecular formula is C22H26FN3O5. The van der Waals surface area contributed by atoms with Gasteiger partial charge in [-0.15, -0.1) is 0 Å². The Labute approximate surface area is 179 Å². The van der Waals surface area contributed by atoms with E-state index < -0.39 is 11.7 Å². The van der Waals surface area contributed by atoms with E-state index in [1.165, 1.54) is 36.2 Å². The van der Waals surface area contributed by atoms with Gasteiger partial charge in [-0.25, -0.2) is 4.39 Å². The van der Waals surface area contributed by atoms with Crippen LogP contribution in [0.3, 0.4) is 0 Å². The molecular weight excluding hydrogens is 405 g/mol. The molecule has 1 fully saturated rings. The van der Waals surface area contributed by atoms with Gasteiger partial charge >= 0.3 is 5.97 Å². The van der Waals surface area contributed by atoms with Crippen molar-refractivity contribution >= 4 is 17.8 Å². The number of likely N-dealkylation sites (tertiary alicyclic amines) is 1. The predicted molar refractivity (Wildman–Crippen MR) is 110 cm³/mol. The summed E-state index contributed by atoms with van der Waals surface area (Å²) in [6.07, 6.45) is 1.09. The largest absolute Gasteiger partial charge is 0.466 e. The monoisotopic (exact) mass is 431 g/mol. The van der Waals surface area contributed by atoms with Crippen LogP contribution < -0.4 is 0 Å². The SMILES string of the molecule is CCOC(=O)C1CCN(C(=O)CN(C)C(=O)c2c(-c3ccc(F)cc3)noc2C)CC1. The van der Waals surface area contributed by atoms with Crippen LogP contribution in [0.1, 0.15) is 35.9 Å². The van der Waals surface area contributed by atoms with E-state index in [0.717, 1.165) is 0 Å². The second-order valence-electron chi connectivity index (χ2n) is 7.54. The van der Waals surface area contributed by atoms with Gasteiger partial charge in [-0.1, -0.05) is 5.16 Å². The Hall–Kier alpha value is -3.23. The molecule has 0 aliphatic carbocycles. The highest BCUT2D eigenvalue weighted by molar-refractivity contribution is 6.02. The number of carbonyl (C=O) groups excluding carboxylic acids is 3. The lowest BCUT2D eigenvalue weighted by molar-refractivity contribution is -0.151. The molecule has 3 rings (SSSR count). The van der Waals surface area contributed by atoms with Crippen molar-refractivity contribution in [2.45, 2.75) is 26.7 Å². The van der Waals surface area contributed by atoms with E-state index >= 15 is 0 Å². The van der Waals surface area contributed by atoms with E-state index in [9.17, 15) is 18.8 Å². The molecule has 31 heavy (non-hydrogen) atoms. The summed E-state index contributed by atoms with van der Waals surface area (Å²) >= 11 is 0. The molecule has 2 amide bonds. The van der Waals surface area contributed by atoms with Crippen molar-refractivity contribution in [1.29, 1.82) is 0 Å². The molecule has 1 aliphatic heterocycles. The highest BCUT2D eigenvalue weighted by atomic mass is 19.1. The molecule has 0 atom stereocenters. The van der Waals surface area contributed by atoms with E-state index in [1.807, 2.05) is 0 Å². The molecule has 0 radical (unpaired) electrons. The smallest absolute Gasteiger partial charge is 0.309 e. The average Bonchev–Trinajstić information content (AvgIpc) is 3.15. The summed E-state index contributed by atoms with van der Waals surface area (Å²) in [5.41, 5.74) is 1.09. The van der Waals surface area contributed by atoms with E-state index in [4.69, 9.17) is 9.26 Å². The summed E-state index contributed by atoms with van der Waals surface area (Å²) in [5, 5.41) is 3.94. The number of amides is 2. The lowest BCUT2D eigenvalue weighted by Gasteiger charge is -2.32. The number of halogens is 1. The van der Waals surface area contributed by atoms with Crippen molar-refractivity contribution in [3.05, 3.63) is 41.4 Å². The van der Waals surface area contributed by atoms with Gasteiger partial charge in [0, 0.05) is 25.7 Å². The summed E-state index contributed by atoms with van der Waals surface area (Å²) in [6.45, 7) is 4.49. The van der Waals surface area contributed by atoms with Gasteiger partial charge in [-0.3, -0.25) is 14.4 Å². The van der Waals surface area contributed by atoms with Crippen LogP contribution in [0.4, 0.5) is 4.39 Å². The first-order chi connectivity index (χ1) is 14.8. The van der Waals surface area contributed by atoms with Crippen LogP contribution in [0, 0.1) is 18.7 Å². The molecule has 1 aliphatic rings. The van der Waals surface area contributed by atoms with E-state index in [-0.39, 0.29) is 29.9 Å². The predicted octanol–water partition coefficient (Wildman–Crippen LogP) is 2.66. The number of hydrogen-bond acceptors (Lipinski definition) is 6. The van der Waals surface area contributed by atoms with Crippen LogP contribution in [0.2, 0.25) is 0 Å². The molecule has 166 valence electrons. The Morgan fingerprint density at radius 3 is 2.48 bits per heavy atom. The van der Waals surface area contributed by atoms with Gasteiger partial charge in [0.05, 0.1) is 19.1 Å². The van der Waals surface area contributed by atoms with Crippen LogP contribution in [0.25, 0.3) is 11.3 Å². The van der Waals surface area contributed by atoms with Crippen molar-refractivity contribution in [2.24, 2.45) is 5.92 Å². The van der Waals surface area contributed by atoms with Crippen LogP contribution in [-0.2, 0) is 14.3 Å². The first-order valence-corrected chi connectivity index (χ1v) is 10.2. The Bertz CT molecular complexity index is 949. The summed E-state index contributed by atoms with van der Waals surface area (Å²) < 4.78 is 23.5. The van der Waals surface area contributed by atoms with Crippen molar-refractivity contribution in [3.8, 4) is 11.3 Å². The summed E-state index contributed by atoms with van der Waals surface area (Å²) in [5.74, 6) is -1.10. The number of likely N-dealkylation sites (N-methyl/N-ethyl adjacent to an activating group) is 1. The van der Waals surface area contributed by atoms with E-state index in [1.54, 1.807) is 18.7 Å². The van der Waals surface area contributed by atoms with Gasteiger partial charge in [0.15, 0.2) is 0 Å². The fourth-order valence-electron chi connectivity index (χ4n) is 3.62. The second-order valence-corrected chi connectivity index (χ2v) is 7.54. The third-order valence-electron chi connectivity index (χ3n) is 5.38. The first kappa shape index (κ1) is 22.5. The molecule has 1 aromatic heterocycles. The van der Waals surface area contributed by atoms with Crippen molar-refractivity contribution in [3.63, 3.8) is 0 Å². The third kappa shape index (κ3) is 5.10. The average molecular weight is 431 g/mol. The van der Waals surface area contributed by atoms with E-state index in [2.05, 4.69) is 5.16 Å². The van der Waals surface area contributed by atoms with Gasteiger partial charge in [-0.2, -0.15) is 0 Å². The molecule has 2 aromatic rings. The maximum absolute atomic E-state index is 13.2. The zero-order valence-corrected chi connectivity index (χ0v) is 17.9. The summed E-state index contributed by atoms with van der Waals surface area (Å²) in [6, 6.07) is 5.59. The zero-order valence-electron chi connectivity index (χ0n) is 17.9. The summed E-state index contributed by atoms with van der Waals surface area (Å²) in [4.78, 5) is 40.6. The Balaban J connectivity index is 1.64. The van der Waals surface area contributed by atoms with Gasteiger partial charge in [0.2, 0.25) is 5.91 Å². The molecule has 1 aromatic carbocycles. The quantitative estimate of drug-likeness (QED) is 0.653. The van der Waals surface area contributed by atoms with E-state index in [0.29, 0.717) is 49.6 Å². The maximum atomic E-state index is 13.2. The lowest BCUT2D eigenvalue weighted by Crippen LogP contribution is -2.45. The van der Waals surface area contributed by atoms with Crippen molar-refractivity contribution in [1.82, 2.24) is 15.0 Å². The topological polar surface area (TPSA) is 93.0 Å². The number of piperidine rings is 1. The Kier molecular flexibility index (Phi) is 7.04. The molecule has 0 unspecified atom stereocenters. The maximum Gasteiger partial charge on any atom is 0.309 e. The number of nitrogens with zero attached hydrogens (tertiary/aromatic N) is 3. The van der Waals surface area contributed by atoms with Crippen LogP contribution >= 0.6 is 0 Å². The zero-order chi connectivity index (χ0) is 22.5. The number of carbonyl (C=O) groups is 3. The molecule has 9 heteroatoms. The minimum absolute atomic E-state index is 0.115. The minimum Gasteiger partial charge on any atom is -0.466 e. The lowest BCUT2D eigenvalue weighted by atomic mass is 9.97. The normalized spacial score (nSPS) is 14.4. The van der Waals surface area contributed by atoms with Gasteiger partial charge in [0.25, 0.3) is 5.91 Å². The fraction of sp³-hybridized carbons (Fsp3) is 0.455. The number of rotatable bonds is 6. The van der Waals surface area contributed by atoms with Crippen LogP contribution in [0.5, 0.6) is 0 Å². The molecule has 0 spiro atoms. The van der Waals surface area contributed by atoms with Crippen molar-refractivity contribution in [2.75, 3.05) is 33.3 Å². The summed E-state index contributed by atoms with van der Waals surface area (Å²) in [7, 11) is 1.53. The number of hydrogen-bond donors (Lipinski definition) is 0. The second kappa shape index (κ2) is 9.72.